The lowest BCUT2D eigenvalue weighted by Gasteiger charge is -2.15. The molecule has 4 aliphatic carbocycles. The van der Waals surface area contributed by atoms with Crippen molar-refractivity contribution in [3.05, 3.63) is 142 Å². The molecule has 0 aliphatic heterocycles. The standard InChI is InChI=1S/C34H26O/c35-34(23-18-27-10-5-2-6-11-27)33-25-29-15-14-28-16-19-30(21-22-31(33)20-17-29)32(24-28)13-7-12-26-8-3-1-4-9-26/h1-6,8-11,16-17,19-20,24-25H,13-15,21-22H2. The van der Waals surface area contributed by atoms with E-state index in [1.165, 1.54) is 22.3 Å². The van der Waals surface area contributed by atoms with Crippen LogP contribution in [0.5, 0.6) is 0 Å². The third-order valence-electron chi connectivity index (χ3n) is 6.44. The summed E-state index contributed by atoms with van der Waals surface area (Å²) in [6.07, 6.45) is 4.22. The zero-order valence-electron chi connectivity index (χ0n) is 19.7. The van der Waals surface area contributed by atoms with Crippen molar-refractivity contribution in [3.63, 3.8) is 0 Å². The molecule has 0 heterocycles. The summed E-state index contributed by atoms with van der Waals surface area (Å²) in [5.41, 5.74) is 8.78. The van der Waals surface area contributed by atoms with E-state index >= 15 is 0 Å². The Hall–Kier alpha value is -4.33. The highest BCUT2D eigenvalue weighted by Gasteiger charge is 2.14. The van der Waals surface area contributed by atoms with Gasteiger partial charge in [-0.15, -0.1) is 0 Å². The molecular weight excluding hydrogens is 424 g/mol. The summed E-state index contributed by atoms with van der Waals surface area (Å²) < 4.78 is 0. The molecule has 4 aromatic rings. The van der Waals surface area contributed by atoms with Gasteiger partial charge in [0.25, 0.3) is 0 Å². The molecule has 0 atom stereocenters. The highest BCUT2D eigenvalue weighted by atomic mass is 16.1. The van der Waals surface area contributed by atoms with Crippen LogP contribution in [0.2, 0.25) is 0 Å². The molecular formula is C34H26O. The van der Waals surface area contributed by atoms with Gasteiger partial charge in [0.2, 0.25) is 5.78 Å². The Labute approximate surface area is 207 Å². The van der Waals surface area contributed by atoms with Gasteiger partial charge in [0, 0.05) is 23.1 Å². The lowest BCUT2D eigenvalue weighted by Crippen LogP contribution is -2.07. The van der Waals surface area contributed by atoms with Gasteiger partial charge in [-0.25, -0.2) is 0 Å². The van der Waals surface area contributed by atoms with Gasteiger partial charge < -0.3 is 0 Å². The van der Waals surface area contributed by atoms with Gasteiger partial charge in [-0.05, 0) is 89.8 Å². The van der Waals surface area contributed by atoms with Crippen LogP contribution in [-0.4, -0.2) is 5.78 Å². The zero-order chi connectivity index (χ0) is 23.9. The van der Waals surface area contributed by atoms with Crippen LogP contribution in [0.15, 0.2) is 97.1 Å². The van der Waals surface area contributed by atoms with Crippen LogP contribution in [0.3, 0.4) is 0 Å². The van der Waals surface area contributed by atoms with Crippen LogP contribution >= 0.6 is 0 Å². The van der Waals surface area contributed by atoms with Gasteiger partial charge in [-0.1, -0.05) is 84.5 Å². The predicted molar refractivity (Wildman–Crippen MR) is 142 cm³/mol. The topological polar surface area (TPSA) is 17.1 Å². The molecule has 168 valence electrons. The number of hydrogen-bond acceptors (Lipinski definition) is 1. The largest absolute Gasteiger partial charge is 0.279 e. The summed E-state index contributed by atoms with van der Waals surface area (Å²) in [5.74, 6) is 12.4. The summed E-state index contributed by atoms with van der Waals surface area (Å²) in [4.78, 5) is 13.1. The third-order valence-corrected chi connectivity index (χ3v) is 6.44. The van der Waals surface area contributed by atoms with Crippen molar-refractivity contribution >= 4 is 5.78 Å². The molecule has 4 aromatic carbocycles. The van der Waals surface area contributed by atoms with Gasteiger partial charge in [-0.2, -0.15) is 0 Å². The number of Topliss-reactive ketones (excluding diaryl/α,β-unsaturated/α-hetero) is 1. The summed E-state index contributed by atoms with van der Waals surface area (Å²) in [6.45, 7) is 0. The van der Waals surface area contributed by atoms with E-state index in [9.17, 15) is 4.79 Å². The summed E-state index contributed by atoms with van der Waals surface area (Å²) in [5, 5.41) is 0. The predicted octanol–water partition coefficient (Wildman–Crippen LogP) is 6.40. The average molecular weight is 451 g/mol. The molecule has 4 bridgehead atoms. The monoisotopic (exact) mass is 450 g/mol. The molecule has 35 heavy (non-hydrogen) atoms. The second kappa shape index (κ2) is 10.7. The van der Waals surface area contributed by atoms with Crippen molar-refractivity contribution in [1.29, 1.82) is 0 Å². The minimum atomic E-state index is -0.106. The van der Waals surface area contributed by atoms with Gasteiger partial charge in [0.1, 0.15) is 0 Å². The lowest BCUT2D eigenvalue weighted by molar-refractivity contribution is 0.105. The van der Waals surface area contributed by atoms with E-state index in [-0.39, 0.29) is 5.78 Å². The minimum absolute atomic E-state index is 0.106. The Morgan fingerprint density at radius 3 is 1.94 bits per heavy atom. The number of ketones is 1. The fourth-order valence-corrected chi connectivity index (χ4v) is 4.49. The maximum Gasteiger partial charge on any atom is 0.236 e. The van der Waals surface area contributed by atoms with Gasteiger partial charge in [0.15, 0.2) is 0 Å². The van der Waals surface area contributed by atoms with Crippen LogP contribution in [0, 0.1) is 23.7 Å². The van der Waals surface area contributed by atoms with E-state index in [0.29, 0.717) is 0 Å². The van der Waals surface area contributed by atoms with Gasteiger partial charge >= 0.3 is 0 Å². The van der Waals surface area contributed by atoms with Crippen LogP contribution in [0.1, 0.15) is 49.3 Å². The number of rotatable bonds is 2. The fourth-order valence-electron chi connectivity index (χ4n) is 4.49. The third kappa shape index (κ3) is 5.78. The molecule has 4 aliphatic rings. The van der Waals surface area contributed by atoms with Crippen molar-refractivity contribution in [2.24, 2.45) is 0 Å². The highest BCUT2D eigenvalue weighted by Crippen LogP contribution is 2.22. The number of benzene rings is 4. The van der Waals surface area contributed by atoms with Crippen LogP contribution in [0.25, 0.3) is 0 Å². The molecule has 0 amide bonds. The Morgan fingerprint density at radius 2 is 1.23 bits per heavy atom. The lowest BCUT2D eigenvalue weighted by atomic mass is 9.89. The first-order chi connectivity index (χ1) is 17.2. The molecule has 0 fully saturated rings. The number of hydrogen-bond donors (Lipinski definition) is 0. The first-order valence-electron chi connectivity index (χ1n) is 12.1. The average Bonchev–Trinajstić information content (AvgIpc) is 2.90. The van der Waals surface area contributed by atoms with Crippen molar-refractivity contribution in [3.8, 4) is 23.7 Å². The molecule has 1 nitrogen and oxygen atoms in total. The SMILES string of the molecule is O=C(C#Cc1ccccc1)c1cc2ccc1CCc1ccc(cc1CC#Cc1ccccc1)CC2. The van der Waals surface area contributed by atoms with Crippen molar-refractivity contribution < 1.29 is 4.79 Å². The van der Waals surface area contributed by atoms with Crippen molar-refractivity contribution in [2.45, 2.75) is 32.1 Å². The van der Waals surface area contributed by atoms with E-state index in [1.807, 2.05) is 60.7 Å². The van der Waals surface area contributed by atoms with Crippen LogP contribution in [0.4, 0.5) is 0 Å². The number of aryl methyl sites for hydroxylation is 4. The Balaban J connectivity index is 1.41. The quantitative estimate of drug-likeness (QED) is 0.255. The van der Waals surface area contributed by atoms with Crippen molar-refractivity contribution in [2.75, 3.05) is 0 Å². The summed E-state index contributed by atoms with van der Waals surface area (Å²) in [7, 11) is 0. The molecule has 8 rings (SSSR count). The van der Waals surface area contributed by atoms with E-state index in [0.717, 1.165) is 54.4 Å². The molecule has 0 spiro atoms. The van der Waals surface area contributed by atoms with Crippen molar-refractivity contribution in [1.82, 2.24) is 0 Å². The van der Waals surface area contributed by atoms with Gasteiger partial charge in [-0.3, -0.25) is 4.79 Å². The van der Waals surface area contributed by atoms with Crippen LogP contribution < -0.4 is 0 Å². The highest BCUT2D eigenvalue weighted by molar-refractivity contribution is 6.10. The first-order valence-corrected chi connectivity index (χ1v) is 12.1. The summed E-state index contributed by atoms with van der Waals surface area (Å²) >= 11 is 0. The Bertz CT molecular complexity index is 1470. The molecule has 0 N–H and O–H groups in total. The molecule has 0 saturated heterocycles. The second-order valence-corrected chi connectivity index (χ2v) is 8.88. The zero-order valence-corrected chi connectivity index (χ0v) is 19.7. The van der Waals surface area contributed by atoms with Crippen LogP contribution in [-0.2, 0) is 32.1 Å². The van der Waals surface area contributed by atoms with Gasteiger partial charge in [0.05, 0.1) is 0 Å². The number of carbonyl (C=O) groups excluding carboxylic acids is 1. The molecule has 0 aromatic heterocycles. The van der Waals surface area contributed by atoms with E-state index < -0.39 is 0 Å². The van der Waals surface area contributed by atoms with E-state index in [1.54, 1.807) is 0 Å². The maximum absolute atomic E-state index is 13.1. The van der Waals surface area contributed by atoms with E-state index in [4.69, 9.17) is 0 Å². The number of carbonyl (C=O) groups is 1. The molecule has 0 unspecified atom stereocenters. The first kappa shape index (κ1) is 22.5. The smallest absolute Gasteiger partial charge is 0.236 e. The summed E-state index contributed by atoms with van der Waals surface area (Å²) in [6, 6.07) is 32.9. The molecule has 0 saturated carbocycles. The minimum Gasteiger partial charge on any atom is -0.279 e. The second-order valence-electron chi connectivity index (χ2n) is 8.88. The normalized spacial score (nSPS) is 11.9. The Kier molecular flexibility index (Phi) is 6.89. The molecule has 0 radical (unpaired) electrons. The maximum atomic E-state index is 13.1. The fraction of sp³-hybridized carbons (Fsp3) is 0.147. The Morgan fingerprint density at radius 1 is 0.629 bits per heavy atom. The molecule has 1 heteroatoms. The van der Waals surface area contributed by atoms with E-state index in [2.05, 4.69) is 60.1 Å².